The molecule has 0 radical (unpaired) electrons. The van der Waals surface area contributed by atoms with Crippen molar-refractivity contribution in [2.75, 3.05) is 0 Å². The van der Waals surface area contributed by atoms with Gasteiger partial charge in [0.1, 0.15) is 0 Å². The fraction of sp³-hybridized carbons (Fsp3) is 0.273. The van der Waals surface area contributed by atoms with Crippen molar-refractivity contribution in [1.82, 2.24) is 0 Å². The maximum atomic E-state index is 10.2. The highest BCUT2D eigenvalue weighted by molar-refractivity contribution is 5.70. The van der Waals surface area contributed by atoms with Crippen LogP contribution in [-0.4, -0.2) is 5.97 Å². The quantitative estimate of drug-likeness (QED) is 0.533. The van der Waals surface area contributed by atoms with E-state index in [0.29, 0.717) is 6.42 Å². The number of nitrogens with zero attached hydrogens (tertiary/aromatic N) is 1. The van der Waals surface area contributed by atoms with Crippen molar-refractivity contribution in [3.05, 3.63) is 36.4 Å². The predicted molar refractivity (Wildman–Crippen MR) is 53.1 cm³/mol. The first kappa shape index (κ1) is 12.2. The monoisotopic (exact) mass is 191 g/mol. The minimum absolute atomic E-state index is 0.327. The van der Waals surface area contributed by atoms with Crippen molar-refractivity contribution in [3.63, 3.8) is 0 Å². The van der Waals surface area contributed by atoms with Crippen LogP contribution in [-0.2, 0) is 9.53 Å². The van der Waals surface area contributed by atoms with Crippen LogP contribution in [0.2, 0.25) is 0 Å². The number of rotatable bonds is 2. The van der Waals surface area contributed by atoms with Gasteiger partial charge in [0.15, 0.2) is 0 Å². The Bertz CT molecular complexity index is 250. The Morgan fingerprint density at radius 2 is 1.64 bits per heavy atom. The van der Waals surface area contributed by atoms with Crippen LogP contribution in [0.15, 0.2) is 36.4 Å². The molecular formula is C11H13NO2. The van der Waals surface area contributed by atoms with E-state index in [-0.39, 0.29) is 0 Å². The molecule has 0 N–H and O–H groups in total. The maximum absolute atomic E-state index is 10.2. The molecule has 0 bridgehead atoms. The van der Waals surface area contributed by atoms with Gasteiger partial charge >= 0.3 is 5.97 Å². The molecule has 0 heterocycles. The van der Waals surface area contributed by atoms with Gasteiger partial charge in [0.25, 0.3) is 6.26 Å². The Labute approximate surface area is 83.9 Å². The van der Waals surface area contributed by atoms with Gasteiger partial charge in [-0.25, -0.2) is 0 Å². The molecule has 3 nitrogen and oxygen atoms in total. The van der Waals surface area contributed by atoms with E-state index in [4.69, 9.17) is 5.26 Å². The van der Waals surface area contributed by atoms with Crippen LogP contribution in [0, 0.1) is 11.5 Å². The lowest BCUT2D eigenvalue weighted by Crippen LogP contribution is -1.97. The van der Waals surface area contributed by atoms with Crippen LogP contribution in [0.3, 0.4) is 0 Å². The van der Waals surface area contributed by atoms with Gasteiger partial charge in [-0.3, -0.25) is 4.79 Å². The Kier molecular flexibility index (Phi) is 8.06. The van der Waals surface area contributed by atoms with Crippen molar-refractivity contribution >= 4 is 5.97 Å². The molecule has 1 aromatic carbocycles. The molecule has 0 saturated heterocycles. The van der Waals surface area contributed by atoms with Gasteiger partial charge in [0.2, 0.25) is 0 Å². The normalized spacial score (nSPS) is 7.71. The van der Waals surface area contributed by atoms with E-state index in [9.17, 15) is 4.79 Å². The topological polar surface area (TPSA) is 50.1 Å². The van der Waals surface area contributed by atoms with Gasteiger partial charge in [-0.05, 0) is 6.42 Å². The zero-order chi connectivity index (χ0) is 10.6. The van der Waals surface area contributed by atoms with Crippen LogP contribution in [0.1, 0.15) is 19.8 Å². The molecule has 0 aliphatic rings. The van der Waals surface area contributed by atoms with Crippen LogP contribution < -0.4 is 0 Å². The molecule has 0 unspecified atom stereocenters. The average molecular weight is 191 g/mol. The lowest BCUT2D eigenvalue weighted by molar-refractivity contribution is -0.137. The van der Waals surface area contributed by atoms with Crippen LogP contribution in [0.25, 0.3) is 0 Å². The second-order valence-electron chi connectivity index (χ2n) is 2.47. The van der Waals surface area contributed by atoms with Gasteiger partial charge in [-0.2, -0.15) is 0 Å². The number of esters is 1. The molecule has 0 fully saturated rings. The van der Waals surface area contributed by atoms with Crippen molar-refractivity contribution in [2.24, 2.45) is 0 Å². The molecule has 3 heteroatoms. The predicted octanol–water partition coefficient (Wildman–Crippen LogP) is 2.50. The maximum Gasteiger partial charge on any atom is 0.321 e. The van der Waals surface area contributed by atoms with E-state index in [1.165, 1.54) is 6.26 Å². The molecule has 0 amide bonds. The van der Waals surface area contributed by atoms with E-state index in [2.05, 4.69) is 4.74 Å². The van der Waals surface area contributed by atoms with Crippen molar-refractivity contribution in [1.29, 1.82) is 5.26 Å². The van der Waals surface area contributed by atoms with Crippen LogP contribution in [0.4, 0.5) is 0 Å². The first-order valence-electron chi connectivity index (χ1n) is 4.40. The molecule has 0 aliphatic heterocycles. The summed E-state index contributed by atoms with van der Waals surface area (Å²) in [6, 6.07) is 12.0. The summed E-state index contributed by atoms with van der Waals surface area (Å²) in [5.74, 6) is -0.449. The molecule has 0 atom stereocenters. The number of carbonyl (C=O) groups excluding carboxylic acids is 1. The Hall–Kier alpha value is -1.82. The van der Waals surface area contributed by atoms with Crippen LogP contribution >= 0.6 is 0 Å². The number of hydrogen-bond acceptors (Lipinski definition) is 3. The Morgan fingerprint density at radius 1 is 1.21 bits per heavy atom. The summed E-state index contributed by atoms with van der Waals surface area (Å²) in [6.07, 6.45) is 2.35. The molecule has 0 saturated carbocycles. The third kappa shape index (κ3) is 8.28. The molecule has 14 heavy (non-hydrogen) atoms. The van der Waals surface area contributed by atoms with E-state index in [1.54, 1.807) is 0 Å². The van der Waals surface area contributed by atoms with Crippen molar-refractivity contribution < 1.29 is 9.53 Å². The minimum atomic E-state index is -0.449. The summed E-state index contributed by atoms with van der Waals surface area (Å²) >= 11 is 0. The third-order valence-electron chi connectivity index (χ3n) is 1.28. The minimum Gasteiger partial charge on any atom is -0.351 e. The lowest BCUT2D eigenvalue weighted by Gasteiger charge is -1.87. The number of ether oxygens (including phenoxy) is 1. The summed E-state index contributed by atoms with van der Waals surface area (Å²) in [6.45, 7) is 1.85. The average Bonchev–Trinajstić information content (AvgIpc) is 2.22. The summed E-state index contributed by atoms with van der Waals surface area (Å²) in [5.41, 5.74) is 0. The van der Waals surface area contributed by atoms with Gasteiger partial charge in [-0.1, -0.05) is 43.3 Å². The highest BCUT2D eigenvalue weighted by Crippen LogP contribution is 1.88. The summed E-state index contributed by atoms with van der Waals surface area (Å²) in [4.78, 5) is 10.2. The van der Waals surface area contributed by atoms with E-state index in [0.717, 1.165) is 6.42 Å². The van der Waals surface area contributed by atoms with E-state index < -0.39 is 5.97 Å². The number of benzene rings is 1. The van der Waals surface area contributed by atoms with E-state index >= 15 is 0 Å². The highest BCUT2D eigenvalue weighted by atomic mass is 16.5. The molecule has 0 aromatic heterocycles. The number of hydrogen-bond donors (Lipinski definition) is 0. The smallest absolute Gasteiger partial charge is 0.321 e. The number of carbonyl (C=O) groups is 1. The van der Waals surface area contributed by atoms with Crippen LogP contribution in [0.5, 0.6) is 0 Å². The zero-order valence-corrected chi connectivity index (χ0v) is 8.14. The zero-order valence-electron chi connectivity index (χ0n) is 8.14. The van der Waals surface area contributed by atoms with Gasteiger partial charge in [0.05, 0.1) is 0 Å². The van der Waals surface area contributed by atoms with Crippen molar-refractivity contribution in [3.8, 4) is 6.26 Å². The van der Waals surface area contributed by atoms with Crippen molar-refractivity contribution in [2.45, 2.75) is 19.8 Å². The standard InChI is InChI=1S/C6H6.C5H7NO2/c1-2-4-6-5-3-1;1-2-3-5(7)8-4-6/h1-6H;2-3H2,1H3. The third-order valence-corrected chi connectivity index (χ3v) is 1.28. The van der Waals surface area contributed by atoms with Gasteiger partial charge < -0.3 is 4.74 Å². The first-order valence-corrected chi connectivity index (χ1v) is 4.40. The molecule has 0 aliphatic carbocycles. The fourth-order valence-corrected chi connectivity index (χ4v) is 0.691. The van der Waals surface area contributed by atoms with Gasteiger partial charge in [-0.15, -0.1) is 5.26 Å². The molecule has 0 spiro atoms. The SMILES string of the molecule is CCCC(=O)OC#N.c1ccccc1. The second kappa shape index (κ2) is 9.27. The summed E-state index contributed by atoms with van der Waals surface area (Å²) in [7, 11) is 0. The first-order chi connectivity index (χ1) is 6.81. The lowest BCUT2D eigenvalue weighted by atomic mass is 10.3. The molecule has 1 aromatic rings. The van der Waals surface area contributed by atoms with E-state index in [1.807, 2.05) is 43.3 Å². The largest absolute Gasteiger partial charge is 0.351 e. The number of nitriles is 1. The Balaban J connectivity index is 0.000000249. The summed E-state index contributed by atoms with van der Waals surface area (Å²) in [5, 5.41) is 7.77. The Morgan fingerprint density at radius 3 is 1.93 bits per heavy atom. The molecule has 74 valence electrons. The highest BCUT2D eigenvalue weighted by Gasteiger charge is 1.96. The summed E-state index contributed by atoms with van der Waals surface area (Å²) < 4.78 is 3.95. The second-order valence-corrected chi connectivity index (χ2v) is 2.47. The molecular weight excluding hydrogens is 178 g/mol. The molecule has 1 rings (SSSR count). The van der Waals surface area contributed by atoms with Gasteiger partial charge in [0, 0.05) is 6.42 Å². The fourth-order valence-electron chi connectivity index (χ4n) is 0.691.